The van der Waals surface area contributed by atoms with Crippen molar-refractivity contribution in [2.45, 2.75) is 38.0 Å². The molecule has 0 heterocycles. The van der Waals surface area contributed by atoms with Crippen LogP contribution in [0.5, 0.6) is 5.75 Å². The highest BCUT2D eigenvalue weighted by Gasteiger charge is 2.35. The number of aryl methyl sites for hydroxylation is 1. The van der Waals surface area contributed by atoms with Gasteiger partial charge in [-0.15, -0.1) is 0 Å². The van der Waals surface area contributed by atoms with Crippen LogP contribution in [0.2, 0.25) is 0 Å². The molecule has 1 aromatic carbocycles. The highest BCUT2D eigenvalue weighted by Crippen LogP contribution is 2.40. The SMILES string of the molecule is COc1ccc(C2(C=O)CCCC2)cc1C. The molecule has 2 rings (SSSR count). The Hall–Kier alpha value is -1.31. The van der Waals surface area contributed by atoms with Crippen LogP contribution in [0, 0.1) is 6.92 Å². The standard InChI is InChI=1S/C14H18O2/c1-11-9-12(5-6-13(11)16-2)14(10-15)7-3-4-8-14/h5-6,9-10H,3-4,7-8H2,1-2H3. The van der Waals surface area contributed by atoms with Crippen molar-refractivity contribution in [2.75, 3.05) is 7.11 Å². The number of hydrogen-bond acceptors (Lipinski definition) is 2. The summed E-state index contributed by atoms with van der Waals surface area (Å²) < 4.78 is 5.24. The molecule has 0 unspecified atom stereocenters. The zero-order chi connectivity index (χ0) is 11.6. The lowest BCUT2D eigenvalue weighted by molar-refractivity contribution is -0.112. The lowest BCUT2D eigenvalue weighted by Gasteiger charge is -2.23. The van der Waals surface area contributed by atoms with E-state index in [4.69, 9.17) is 4.74 Å². The van der Waals surface area contributed by atoms with Crippen LogP contribution in [0.25, 0.3) is 0 Å². The third kappa shape index (κ3) is 1.73. The smallest absolute Gasteiger partial charge is 0.130 e. The molecule has 0 amide bonds. The Balaban J connectivity index is 2.39. The van der Waals surface area contributed by atoms with Gasteiger partial charge in [-0.25, -0.2) is 0 Å². The van der Waals surface area contributed by atoms with Crippen molar-refractivity contribution in [3.63, 3.8) is 0 Å². The highest BCUT2D eigenvalue weighted by molar-refractivity contribution is 5.69. The van der Waals surface area contributed by atoms with Crippen molar-refractivity contribution in [2.24, 2.45) is 0 Å². The van der Waals surface area contributed by atoms with Gasteiger partial charge in [0.25, 0.3) is 0 Å². The number of ether oxygens (including phenoxy) is 1. The molecule has 1 fully saturated rings. The Morgan fingerprint density at radius 1 is 1.31 bits per heavy atom. The maximum absolute atomic E-state index is 11.4. The van der Waals surface area contributed by atoms with Crippen LogP contribution in [-0.2, 0) is 10.2 Å². The molecule has 0 atom stereocenters. The maximum Gasteiger partial charge on any atom is 0.130 e. The summed E-state index contributed by atoms with van der Waals surface area (Å²) >= 11 is 0. The second-order valence-electron chi connectivity index (χ2n) is 4.67. The van der Waals surface area contributed by atoms with E-state index >= 15 is 0 Å². The van der Waals surface area contributed by atoms with E-state index in [0.717, 1.165) is 48.8 Å². The first-order chi connectivity index (χ1) is 7.72. The van der Waals surface area contributed by atoms with Crippen molar-refractivity contribution in [3.05, 3.63) is 29.3 Å². The minimum atomic E-state index is -0.225. The summed E-state index contributed by atoms with van der Waals surface area (Å²) in [6.07, 6.45) is 5.43. The van der Waals surface area contributed by atoms with Crippen molar-refractivity contribution in [1.29, 1.82) is 0 Å². The average Bonchev–Trinajstić information content (AvgIpc) is 2.78. The highest BCUT2D eigenvalue weighted by atomic mass is 16.5. The summed E-state index contributed by atoms with van der Waals surface area (Å²) in [5.41, 5.74) is 2.03. The number of rotatable bonds is 3. The largest absolute Gasteiger partial charge is 0.496 e. The molecule has 0 radical (unpaired) electrons. The Labute approximate surface area is 96.6 Å². The van der Waals surface area contributed by atoms with Gasteiger partial charge < -0.3 is 9.53 Å². The molecule has 1 aliphatic carbocycles. The number of benzene rings is 1. The molecule has 86 valence electrons. The van der Waals surface area contributed by atoms with E-state index in [1.807, 2.05) is 19.1 Å². The van der Waals surface area contributed by atoms with Crippen LogP contribution in [0.3, 0.4) is 0 Å². The molecule has 16 heavy (non-hydrogen) atoms. The molecule has 0 bridgehead atoms. The molecule has 2 heteroatoms. The predicted octanol–water partition coefficient (Wildman–Crippen LogP) is 3.01. The summed E-state index contributed by atoms with van der Waals surface area (Å²) in [6.45, 7) is 2.02. The maximum atomic E-state index is 11.4. The number of hydrogen-bond donors (Lipinski definition) is 0. The van der Waals surface area contributed by atoms with Gasteiger partial charge in [-0.3, -0.25) is 0 Å². The Bertz CT molecular complexity index is 390. The number of methoxy groups -OCH3 is 1. The Kier molecular flexibility index (Phi) is 2.99. The number of carbonyl (C=O) groups is 1. The lowest BCUT2D eigenvalue weighted by Crippen LogP contribution is -2.23. The third-order valence-corrected chi connectivity index (χ3v) is 3.69. The molecule has 2 nitrogen and oxygen atoms in total. The first-order valence-electron chi connectivity index (χ1n) is 5.83. The summed E-state index contributed by atoms with van der Waals surface area (Å²) in [4.78, 5) is 11.4. The van der Waals surface area contributed by atoms with Crippen LogP contribution in [-0.4, -0.2) is 13.4 Å². The third-order valence-electron chi connectivity index (χ3n) is 3.69. The molecule has 0 N–H and O–H groups in total. The zero-order valence-corrected chi connectivity index (χ0v) is 9.95. The normalized spacial score (nSPS) is 18.4. The van der Waals surface area contributed by atoms with Crippen LogP contribution in [0.15, 0.2) is 18.2 Å². The molecule has 1 aromatic rings. The van der Waals surface area contributed by atoms with Crippen LogP contribution >= 0.6 is 0 Å². The predicted molar refractivity (Wildman–Crippen MR) is 63.9 cm³/mol. The van der Waals surface area contributed by atoms with Gasteiger partial charge in [-0.05, 0) is 37.0 Å². The summed E-state index contributed by atoms with van der Waals surface area (Å²) in [5, 5.41) is 0. The van der Waals surface area contributed by atoms with E-state index in [-0.39, 0.29) is 5.41 Å². The summed E-state index contributed by atoms with van der Waals surface area (Å²) in [7, 11) is 1.67. The van der Waals surface area contributed by atoms with Crippen molar-refractivity contribution in [3.8, 4) is 5.75 Å². The fraction of sp³-hybridized carbons (Fsp3) is 0.500. The van der Waals surface area contributed by atoms with Gasteiger partial charge in [-0.1, -0.05) is 25.0 Å². The van der Waals surface area contributed by atoms with Crippen LogP contribution < -0.4 is 4.74 Å². The van der Waals surface area contributed by atoms with Gasteiger partial charge >= 0.3 is 0 Å². The minimum absolute atomic E-state index is 0.225. The quantitative estimate of drug-likeness (QED) is 0.729. The molecule has 0 aromatic heterocycles. The monoisotopic (exact) mass is 218 g/mol. The van der Waals surface area contributed by atoms with E-state index in [0.29, 0.717) is 0 Å². The molecule has 1 saturated carbocycles. The fourth-order valence-corrected chi connectivity index (χ4v) is 2.67. The van der Waals surface area contributed by atoms with Gasteiger partial charge in [0, 0.05) is 0 Å². The molecule has 0 aliphatic heterocycles. The number of carbonyl (C=O) groups excluding carboxylic acids is 1. The van der Waals surface area contributed by atoms with Gasteiger partial charge in [0.05, 0.1) is 12.5 Å². The minimum Gasteiger partial charge on any atom is -0.496 e. The summed E-state index contributed by atoms with van der Waals surface area (Å²) in [5.74, 6) is 0.891. The molecule has 1 aliphatic rings. The molecular weight excluding hydrogens is 200 g/mol. The fourth-order valence-electron chi connectivity index (χ4n) is 2.67. The topological polar surface area (TPSA) is 26.3 Å². The second kappa shape index (κ2) is 4.28. The summed E-state index contributed by atoms with van der Waals surface area (Å²) in [6, 6.07) is 6.10. The van der Waals surface area contributed by atoms with Crippen LogP contribution in [0.1, 0.15) is 36.8 Å². The van der Waals surface area contributed by atoms with Gasteiger partial charge in [0.2, 0.25) is 0 Å². The number of aldehydes is 1. The van der Waals surface area contributed by atoms with E-state index in [9.17, 15) is 4.79 Å². The van der Waals surface area contributed by atoms with E-state index in [1.165, 1.54) is 0 Å². The van der Waals surface area contributed by atoms with Gasteiger partial charge in [-0.2, -0.15) is 0 Å². The van der Waals surface area contributed by atoms with Crippen LogP contribution in [0.4, 0.5) is 0 Å². The Morgan fingerprint density at radius 2 is 2.00 bits per heavy atom. The van der Waals surface area contributed by atoms with Crippen molar-refractivity contribution in [1.82, 2.24) is 0 Å². The Morgan fingerprint density at radius 3 is 2.50 bits per heavy atom. The first kappa shape index (κ1) is 11.2. The van der Waals surface area contributed by atoms with E-state index in [1.54, 1.807) is 7.11 Å². The molecular formula is C14H18O2. The van der Waals surface area contributed by atoms with Gasteiger partial charge in [0.15, 0.2) is 0 Å². The first-order valence-corrected chi connectivity index (χ1v) is 5.83. The second-order valence-corrected chi connectivity index (χ2v) is 4.67. The lowest BCUT2D eigenvalue weighted by atomic mass is 9.80. The zero-order valence-electron chi connectivity index (χ0n) is 9.95. The average molecular weight is 218 g/mol. The van der Waals surface area contributed by atoms with E-state index < -0.39 is 0 Å². The van der Waals surface area contributed by atoms with Gasteiger partial charge in [0.1, 0.15) is 12.0 Å². The van der Waals surface area contributed by atoms with Crippen molar-refractivity contribution < 1.29 is 9.53 Å². The molecule has 0 spiro atoms. The van der Waals surface area contributed by atoms with E-state index in [2.05, 4.69) is 6.07 Å². The molecule has 0 saturated heterocycles. The van der Waals surface area contributed by atoms with Crippen molar-refractivity contribution >= 4 is 6.29 Å².